The molecule has 2 N–H and O–H groups in total. The molecule has 1 atom stereocenters. The highest BCUT2D eigenvalue weighted by atomic mass is 32.1. The smallest absolute Gasteiger partial charge is 0.107 e. The van der Waals surface area contributed by atoms with Gasteiger partial charge in [-0.3, -0.25) is 0 Å². The van der Waals surface area contributed by atoms with Crippen molar-refractivity contribution in [1.82, 2.24) is 9.88 Å². The van der Waals surface area contributed by atoms with E-state index < -0.39 is 0 Å². The third kappa shape index (κ3) is 3.06. The number of hydrogen-bond acceptors (Lipinski definition) is 4. The van der Waals surface area contributed by atoms with Crippen molar-refractivity contribution < 1.29 is 0 Å². The highest BCUT2D eigenvalue weighted by molar-refractivity contribution is 7.09. The maximum atomic E-state index is 5.87. The Morgan fingerprint density at radius 3 is 2.85 bits per heavy atom. The monoisotopic (exact) mass is 199 g/mol. The second-order valence-electron chi connectivity index (χ2n) is 3.42. The Morgan fingerprint density at radius 2 is 2.31 bits per heavy atom. The molecule has 74 valence electrons. The van der Waals surface area contributed by atoms with E-state index in [1.165, 1.54) is 0 Å². The summed E-state index contributed by atoms with van der Waals surface area (Å²) in [5.74, 6) is 0. The lowest BCUT2D eigenvalue weighted by Gasteiger charge is -2.06. The molecular weight excluding hydrogens is 182 g/mol. The largest absolute Gasteiger partial charge is 0.323 e. The molecule has 0 saturated heterocycles. The quantitative estimate of drug-likeness (QED) is 0.801. The normalized spacial score (nSPS) is 13.6. The van der Waals surface area contributed by atoms with Crippen molar-refractivity contribution in [3.8, 4) is 0 Å². The second-order valence-corrected chi connectivity index (χ2v) is 4.36. The number of nitrogens with zero attached hydrogens (tertiary/aromatic N) is 2. The van der Waals surface area contributed by atoms with Crippen LogP contribution in [0, 0.1) is 0 Å². The first kappa shape index (κ1) is 10.6. The molecular formula is C9H17N3S. The van der Waals surface area contributed by atoms with E-state index in [0.29, 0.717) is 0 Å². The van der Waals surface area contributed by atoms with Crippen LogP contribution in [0.1, 0.15) is 30.1 Å². The molecule has 0 amide bonds. The highest BCUT2D eigenvalue weighted by Crippen LogP contribution is 2.17. The topological polar surface area (TPSA) is 42.1 Å². The van der Waals surface area contributed by atoms with E-state index in [2.05, 4.69) is 22.2 Å². The fourth-order valence-corrected chi connectivity index (χ4v) is 2.02. The minimum absolute atomic E-state index is 0.104. The van der Waals surface area contributed by atoms with Crippen LogP contribution in [0.2, 0.25) is 0 Å². The molecule has 4 heteroatoms. The van der Waals surface area contributed by atoms with Crippen LogP contribution < -0.4 is 5.73 Å². The van der Waals surface area contributed by atoms with Crippen LogP contribution in [0.3, 0.4) is 0 Å². The van der Waals surface area contributed by atoms with Gasteiger partial charge in [0.15, 0.2) is 0 Å². The predicted molar refractivity (Wildman–Crippen MR) is 56.7 cm³/mol. The first-order chi connectivity index (χ1) is 6.13. The molecule has 1 unspecified atom stereocenters. The van der Waals surface area contributed by atoms with Gasteiger partial charge in [0.2, 0.25) is 0 Å². The van der Waals surface area contributed by atoms with E-state index in [1.807, 2.05) is 14.1 Å². The molecule has 0 radical (unpaired) electrons. The minimum atomic E-state index is 0.104. The fourth-order valence-electron chi connectivity index (χ4n) is 1.05. The molecule has 0 bridgehead atoms. The molecule has 0 aliphatic rings. The van der Waals surface area contributed by atoms with Gasteiger partial charge in [0, 0.05) is 18.0 Å². The highest BCUT2D eigenvalue weighted by Gasteiger charge is 2.08. The van der Waals surface area contributed by atoms with Crippen molar-refractivity contribution >= 4 is 11.3 Å². The van der Waals surface area contributed by atoms with Crippen LogP contribution in [-0.4, -0.2) is 24.0 Å². The fraction of sp³-hybridized carbons (Fsp3) is 0.667. The van der Waals surface area contributed by atoms with E-state index in [-0.39, 0.29) is 6.04 Å². The summed E-state index contributed by atoms with van der Waals surface area (Å²) < 4.78 is 0. The predicted octanol–water partition coefficient (Wildman–Crippen LogP) is 1.61. The van der Waals surface area contributed by atoms with E-state index in [1.54, 1.807) is 11.3 Å². The van der Waals surface area contributed by atoms with Gasteiger partial charge < -0.3 is 10.6 Å². The molecule has 0 fully saturated rings. The number of aromatic nitrogens is 1. The molecule has 1 rings (SSSR count). The lowest BCUT2D eigenvalue weighted by molar-refractivity contribution is 0.401. The molecule has 1 aromatic rings. The molecule has 0 spiro atoms. The summed E-state index contributed by atoms with van der Waals surface area (Å²) in [6.45, 7) is 2.98. The molecule has 0 aliphatic heterocycles. The number of hydrogen-bond donors (Lipinski definition) is 1. The maximum Gasteiger partial charge on any atom is 0.107 e. The Bertz CT molecular complexity index is 257. The number of rotatable bonds is 4. The minimum Gasteiger partial charge on any atom is -0.323 e. The van der Waals surface area contributed by atoms with Crippen LogP contribution in [-0.2, 0) is 6.54 Å². The first-order valence-corrected chi connectivity index (χ1v) is 5.36. The van der Waals surface area contributed by atoms with Crippen LogP contribution in [0.4, 0.5) is 0 Å². The lowest BCUT2D eigenvalue weighted by atomic mass is 10.2. The standard InChI is InChI=1S/C9H17N3S/c1-4-7(10)8-6-13-9(11-8)5-12(2)3/h6-7H,4-5,10H2,1-3H3. The van der Waals surface area contributed by atoms with Crippen LogP contribution in [0.5, 0.6) is 0 Å². The second kappa shape index (κ2) is 4.69. The summed E-state index contributed by atoms with van der Waals surface area (Å²) in [4.78, 5) is 6.58. The van der Waals surface area contributed by atoms with Crippen LogP contribution in [0.25, 0.3) is 0 Å². The number of thiazole rings is 1. The first-order valence-electron chi connectivity index (χ1n) is 4.48. The van der Waals surface area contributed by atoms with E-state index in [4.69, 9.17) is 5.73 Å². The summed E-state index contributed by atoms with van der Waals surface area (Å²) in [7, 11) is 4.08. The summed E-state index contributed by atoms with van der Waals surface area (Å²) >= 11 is 1.69. The van der Waals surface area contributed by atoms with Gasteiger partial charge in [-0.1, -0.05) is 6.92 Å². The Labute approximate surface area is 83.6 Å². The Hall–Kier alpha value is -0.450. The van der Waals surface area contributed by atoms with Crippen molar-refractivity contribution in [3.63, 3.8) is 0 Å². The third-order valence-electron chi connectivity index (χ3n) is 1.84. The van der Waals surface area contributed by atoms with E-state index in [0.717, 1.165) is 23.7 Å². The summed E-state index contributed by atoms with van der Waals surface area (Å²) in [5, 5.41) is 3.20. The summed E-state index contributed by atoms with van der Waals surface area (Å²) in [6.07, 6.45) is 0.950. The average molecular weight is 199 g/mol. The molecule has 1 heterocycles. The maximum absolute atomic E-state index is 5.87. The third-order valence-corrected chi connectivity index (χ3v) is 2.69. The van der Waals surface area contributed by atoms with Gasteiger partial charge in [-0.05, 0) is 20.5 Å². The molecule has 13 heavy (non-hydrogen) atoms. The summed E-state index contributed by atoms with van der Waals surface area (Å²) in [5.41, 5.74) is 6.90. The molecule has 0 aromatic carbocycles. The van der Waals surface area contributed by atoms with Gasteiger partial charge >= 0.3 is 0 Å². The number of nitrogens with two attached hydrogens (primary N) is 1. The van der Waals surface area contributed by atoms with Gasteiger partial charge in [0.25, 0.3) is 0 Å². The zero-order chi connectivity index (χ0) is 9.84. The van der Waals surface area contributed by atoms with Gasteiger partial charge in [-0.25, -0.2) is 4.98 Å². The van der Waals surface area contributed by atoms with Crippen molar-refractivity contribution in [3.05, 3.63) is 16.1 Å². The molecule has 3 nitrogen and oxygen atoms in total. The SMILES string of the molecule is CCC(N)c1csc(CN(C)C)n1. The Balaban J connectivity index is 2.63. The van der Waals surface area contributed by atoms with Crippen molar-refractivity contribution in [1.29, 1.82) is 0 Å². The van der Waals surface area contributed by atoms with Gasteiger partial charge in [0.05, 0.1) is 5.69 Å². The van der Waals surface area contributed by atoms with Crippen LogP contribution >= 0.6 is 11.3 Å². The lowest BCUT2D eigenvalue weighted by Crippen LogP contribution is -2.12. The van der Waals surface area contributed by atoms with Crippen molar-refractivity contribution in [2.24, 2.45) is 5.73 Å². The zero-order valence-corrected chi connectivity index (χ0v) is 9.27. The Kier molecular flexibility index (Phi) is 3.84. The Morgan fingerprint density at radius 1 is 1.62 bits per heavy atom. The van der Waals surface area contributed by atoms with Crippen LogP contribution in [0.15, 0.2) is 5.38 Å². The van der Waals surface area contributed by atoms with Gasteiger partial charge in [-0.2, -0.15) is 0 Å². The zero-order valence-electron chi connectivity index (χ0n) is 8.45. The van der Waals surface area contributed by atoms with Crippen molar-refractivity contribution in [2.75, 3.05) is 14.1 Å². The average Bonchev–Trinajstić information content (AvgIpc) is 2.50. The molecule has 0 aliphatic carbocycles. The molecule has 0 saturated carbocycles. The van der Waals surface area contributed by atoms with Gasteiger partial charge in [-0.15, -0.1) is 11.3 Å². The molecule has 1 aromatic heterocycles. The summed E-state index contributed by atoms with van der Waals surface area (Å²) in [6, 6.07) is 0.104. The van der Waals surface area contributed by atoms with E-state index >= 15 is 0 Å². The van der Waals surface area contributed by atoms with Crippen molar-refractivity contribution in [2.45, 2.75) is 25.9 Å². The van der Waals surface area contributed by atoms with Gasteiger partial charge in [0.1, 0.15) is 5.01 Å². The van der Waals surface area contributed by atoms with E-state index in [9.17, 15) is 0 Å².